The molecule has 8 heteroatoms. The lowest BCUT2D eigenvalue weighted by Crippen LogP contribution is -2.31. The minimum atomic E-state index is -0.489. The molecule has 8 nitrogen and oxygen atoms in total. The second-order valence-corrected chi connectivity index (χ2v) is 6.69. The number of H-pyrrole nitrogens is 1. The van der Waals surface area contributed by atoms with Gasteiger partial charge in [0.15, 0.2) is 0 Å². The van der Waals surface area contributed by atoms with Crippen LogP contribution in [0.1, 0.15) is 40.1 Å². The Balaban J connectivity index is 1.78. The molecule has 3 aromatic rings. The van der Waals surface area contributed by atoms with Crippen LogP contribution in [-0.2, 0) is 4.84 Å². The van der Waals surface area contributed by atoms with Crippen molar-refractivity contribution in [3.63, 3.8) is 0 Å². The standard InChI is InChI=1S/C21H25N5O3/c1-4-29-26-21-23-10-14(3)19(25-21)16-9-17(22-11-16)20(28)24-18(12-27)15-7-5-6-13(2)8-15/h5-11,18,22,27H,4,12H2,1-3H3,(H,24,28)(H,23,25,26)/t18-/m1/s1. The molecule has 0 unspecified atom stereocenters. The average Bonchev–Trinajstić information content (AvgIpc) is 3.21. The molecule has 0 aliphatic rings. The Hall–Kier alpha value is -3.23. The number of nitrogens with zero attached hydrogens (tertiary/aromatic N) is 2. The third kappa shape index (κ3) is 4.98. The highest BCUT2D eigenvalue weighted by atomic mass is 16.6. The normalized spacial score (nSPS) is 11.9. The van der Waals surface area contributed by atoms with E-state index < -0.39 is 6.04 Å². The van der Waals surface area contributed by atoms with Gasteiger partial charge in [-0.2, -0.15) is 0 Å². The Kier molecular flexibility index (Phi) is 6.58. The molecule has 0 aliphatic heterocycles. The predicted octanol–water partition coefficient (Wildman–Crippen LogP) is 2.92. The van der Waals surface area contributed by atoms with Crippen molar-refractivity contribution in [1.29, 1.82) is 0 Å². The van der Waals surface area contributed by atoms with Crippen LogP contribution in [0.3, 0.4) is 0 Å². The van der Waals surface area contributed by atoms with Gasteiger partial charge in [-0.1, -0.05) is 29.8 Å². The van der Waals surface area contributed by atoms with E-state index in [0.29, 0.717) is 23.9 Å². The second-order valence-electron chi connectivity index (χ2n) is 6.69. The number of carbonyl (C=O) groups excluding carboxylic acids is 1. The lowest BCUT2D eigenvalue weighted by atomic mass is 10.0. The first-order valence-corrected chi connectivity index (χ1v) is 9.40. The average molecular weight is 395 g/mol. The molecule has 152 valence electrons. The number of anilines is 1. The molecule has 2 heterocycles. The summed E-state index contributed by atoms with van der Waals surface area (Å²) in [6, 6.07) is 8.93. The highest BCUT2D eigenvalue weighted by molar-refractivity contribution is 5.94. The topological polar surface area (TPSA) is 112 Å². The van der Waals surface area contributed by atoms with E-state index in [2.05, 4.69) is 25.7 Å². The van der Waals surface area contributed by atoms with Gasteiger partial charge >= 0.3 is 0 Å². The summed E-state index contributed by atoms with van der Waals surface area (Å²) in [5.74, 6) is 0.0376. The molecule has 29 heavy (non-hydrogen) atoms. The molecule has 4 N–H and O–H groups in total. The molecule has 0 radical (unpaired) electrons. The third-order valence-corrected chi connectivity index (χ3v) is 4.41. The summed E-state index contributed by atoms with van der Waals surface area (Å²) in [6.45, 7) is 6.01. The smallest absolute Gasteiger partial charge is 0.268 e. The van der Waals surface area contributed by atoms with Crippen molar-refractivity contribution in [3.8, 4) is 11.3 Å². The first-order chi connectivity index (χ1) is 14.0. The van der Waals surface area contributed by atoms with Gasteiger partial charge in [-0.25, -0.2) is 15.4 Å². The quantitative estimate of drug-likeness (QED) is 0.436. The molecule has 0 fully saturated rings. The molecule has 0 saturated heterocycles. The van der Waals surface area contributed by atoms with Crippen molar-refractivity contribution in [1.82, 2.24) is 20.3 Å². The third-order valence-electron chi connectivity index (χ3n) is 4.41. The minimum Gasteiger partial charge on any atom is -0.394 e. The molecular weight excluding hydrogens is 370 g/mol. The van der Waals surface area contributed by atoms with Crippen LogP contribution in [0.15, 0.2) is 42.7 Å². The number of benzene rings is 1. The van der Waals surface area contributed by atoms with Crippen molar-refractivity contribution in [2.75, 3.05) is 18.7 Å². The van der Waals surface area contributed by atoms with E-state index in [-0.39, 0.29) is 12.5 Å². The summed E-state index contributed by atoms with van der Waals surface area (Å²) < 4.78 is 0. The lowest BCUT2D eigenvalue weighted by molar-refractivity contribution is 0.0911. The van der Waals surface area contributed by atoms with E-state index in [1.807, 2.05) is 45.0 Å². The number of rotatable bonds is 8. The Labute approximate surface area is 169 Å². The van der Waals surface area contributed by atoms with Gasteiger partial charge < -0.3 is 15.4 Å². The van der Waals surface area contributed by atoms with E-state index >= 15 is 0 Å². The van der Waals surface area contributed by atoms with Crippen molar-refractivity contribution in [3.05, 3.63) is 65.1 Å². The Morgan fingerprint density at radius 1 is 1.31 bits per heavy atom. The Morgan fingerprint density at radius 3 is 2.86 bits per heavy atom. The van der Waals surface area contributed by atoms with Gasteiger partial charge in [0.25, 0.3) is 5.91 Å². The van der Waals surface area contributed by atoms with Crippen molar-refractivity contribution >= 4 is 11.9 Å². The highest BCUT2D eigenvalue weighted by Gasteiger charge is 2.18. The largest absolute Gasteiger partial charge is 0.394 e. The molecule has 0 aliphatic carbocycles. The van der Waals surface area contributed by atoms with Crippen LogP contribution in [0.4, 0.5) is 5.95 Å². The maximum Gasteiger partial charge on any atom is 0.268 e. The molecule has 2 aromatic heterocycles. The summed E-state index contributed by atoms with van der Waals surface area (Å²) in [5.41, 5.74) is 7.28. The van der Waals surface area contributed by atoms with Crippen LogP contribution >= 0.6 is 0 Å². The first kappa shape index (κ1) is 20.5. The van der Waals surface area contributed by atoms with Crippen LogP contribution in [0.25, 0.3) is 11.3 Å². The van der Waals surface area contributed by atoms with Gasteiger partial charge in [-0.3, -0.25) is 9.63 Å². The summed E-state index contributed by atoms with van der Waals surface area (Å²) in [6.07, 6.45) is 3.41. The summed E-state index contributed by atoms with van der Waals surface area (Å²) in [7, 11) is 0. The van der Waals surface area contributed by atoms with Crippen molar-refractivity contribution in [2.24, 2.45) is 0 Å². The van der Waals surface area contributed by atoms with Crippen LogP contribution in [0, 0.1) is 13.8 Å². The molecule has 0 saturated carbocycles. The van der Waals surface area contributed by atoms with Crippen molar-refractivity contribution in [2.45, 2.75) is 26.8 Å². The number of carbonyl (C=O) groups is 1. The molecular formula is C21H25N5O3. The van der Waals surface area contributed by atoms with E-state index in [1.54, 1.807) is 18.5 Å². The molecule has 1 aromatic carbocycles. The monoisotopic (exact) mass is 395 g/mol. The summed E-state index contributed by atoms with van der Waals surface area (Å²) >= 11 is 0. The van der Waals surface area contributed by atoms with Gasteiger partial charge in [-0.15, -0.1) is 0 Å². The van der Waals surface area contributed by atoms with Gasteiger partial charge in [-0.05, 0) is 38.0 Å². The molecule has 3 rings (SSSR count). The number of aliphatic hydroxyl groups is 1. The number of aryl methyl sites for hydroxylation is 2. The number of hydrogen-bond acceptors (Lipinski definition) is 6. The summed E-state index contributed by atoms with van der Waals surface area (Å²) in [5, 5.41) is 12.6. The van der Waals surface area contributed by atoms with Crippen LogP contribution < -0.4 is 10.8 Å². The second kappa shape index (κ2) is 9.31. The fraction of sp³-hybridized carbons (Fsp3) is 0.286. The zero-order valence-electron chi connectivity index (χ0n) is 16.7. The van der Waals surface area contributed by atoms with Gasteiger partial charge in [0, 0.05) is 18.0 Å². The van der Waals surface area contributed by atoms with Crippen LogP contribution in [0.2, 0.25) is 0 Å². The number of nitrogens with one attached hydrogen (secondary N) is 3. The number of amides is 1. The molecule has 0 bridgehead atoms. The maximum atomic E-state index is 12.7. The molecule has 1 atom stereocenters. The van der Waals surface area contributed by atoms with E-state index in [0.717, 1.165) is 22.3 Å². The van der Waals surface area contributed by atoms with Gasteiger partial charge in [0.1, 0.15) is 5.69 Å². The fourth-order valence-corrected chi connectivity index (χ4v) is 2.94. The lowest BCUT2D eigenvalue weighted by Gasteiger charge is -2.16. The minimum absolute atomic E-state index is 0.194. The van der Waals surface area contributed by atoms with Gasteiger partial charge in [0.05, 0.1) is 24.9 Å². The Morgan fingerprint density at radius 2 is 2.14 bits per heavy atom. The SMILES string of the molecule is CCONc1ncc(C)c(-c2c[nH]c(C(=O)N[C@H](CO)c3cccc(C)c3)c2)n1. The fourth-order valence-electron chi connectivity index (χ4n) is 2.94. The van der Waals surface area contributed by atoms with Crippen LogP contribution in [-0.4, -0.2) is 39.2 Å². The maximum absolute atomic E-state index is 12.7. The van der Waals surface area contributed by atoms with E-state index in [1.165, 1.54) is 0 Å². The first-order valence-electron chi connectivity index (χ1n) is 9.40. The van der Waals surface area contributed by atoms with E-state index in [9.17, 15) is 9.90 Å². The summed E-state index contributed by atoms with van der Waals surface area (Å²) in [4.78, 5) is 29.4. The zero-order valence-corrected chi connectivity index (χ0v) is 16.7. The zero-order chi connectivity index (χ0) is 20.8. The number of hydrogen-bond donors (Lipinski definition) is 4. The van der Waals surface area contributed by atoms with E-state index in [4.69, 9.17) is 4.84 Å². The van der Waals surface area contributed by atoms with Gasteiger partial charge in [0.2, 0.25) is 5.95 Å². The van der Waals surface area contributed by atoms with Crippen LogP contribution in [0.5, 0.6) is 0 Å². The molecule has 0 spiro atoms. The number of aromatic amines is 1. The highest BCUT2D eigenvalue weighted by Crippen LogP contribution is 2.23. The molecule has 1 amide bonds. The Bertz CT molecular complexity index is 986. The number of aliphatic hydroxyl groups excluding tert-OH is 1. The number of aromatic nitrogens is 3. The predicted molar refractivity (Wildman–Crippen MR) is 110 cm³/mol. The van der Waals surface area contributed by atoms with Crippen molar-refractivity contribution < 1.29 is 14.7 Å².